The first-order valence-electron chi connectivity index (χ1n) is 9.64. The maximum absolute atomic E-state index is 13.8. The minimum atomic E-state index is -0.519. The molecular weight excluding hydrogens is 358 g/mol. The number of fused-ring (bicyclic) bond motifs is 1. The van der Waals surface area contributed by atoms with Crippen LogP contribution in [0.4, 0.5) is 14.5 Å². The molecule has 0 aliphatic carbocycles. The normalized spacial score (nSPS) is 17.9. The third kappa shape index (κ3) is 4.83. The van der Waals surface area contributed by atoms with E-state index in [9.17, 15) is 13.6 Å². The van der Waals surface area contributed by atoms with Crippen molar-refractivity contribution < 1.29 is 13.6 Å². The van der Waals surface area contributed by atoms with Gasteiger partial charge in [0.05, 0.1) is 5.92 Å². The lowest BCUT2D eigenvalue weighted by Gasteiger charge is -2.34. The minimum Gasteiger partial charge on any atom is -0.350 e. The Hall–Kier alpha value is -2.56. The van der Waals surface area contributed by atoms with E-state index in [4.69, 9.17) is 0 Å². The summed E-state index contributed by atoms with van der Waals surface area (Å²) >= 11 is 0. The number of nitrogens with zero attached hydrogens (tertiary/aromatic N) is 1. The Morgan fingerprint density at radius 1 is 1.25 bits per heavy atom. The number of carbonyl (C=O) groups is 1. The zero-order chi connectivity index (χ0) is 20.3. The molecule has 0 saturated heterocycles. The molecular formula is C23H26F2N2O. The molecule has 0 bridgehead atoms. The summed E-state index contributed by atoms with van der Waals surface area (Å²) in [5.41, 5.74) is 1.37. The number of amides is 1. The zero-order valence-electron chi connectivity index (χ0n) is 16.5. The summed E-state index contributed by atoms with van der Waals surface area (Å²) in [6.45, 7) is 6.18. The molecule has 1 aliphatic heterocycles. The molecule has 1 amide bonds. The summed E-state index contributed by atoms with van der Waals surface area (Å²) in [5, 5.41) is 3.16. The predicted molar refractivity (Wildman–Crippen MR) is 108 cm³/mol. The molecule has 0 radical (unpaired) electrons. The fraction of sp³-hybridized carbons (Fsp3) is 0.391. The van der Waals surface area contributed by atoms with Crippen LogP contribution < -0.4 is 5.32 Å². The van der Waals surface area contributed by atoms with Crippen LogP contribution in [0, 0.1) is 23.5 Å². The molecule has 0 saturated carbocycles. The third-order valence-electron chi connectivity index (χ3n) is 5.00. The summed E-state index contributed by atoms with van der Waals surface area (Å²) in [5.74, 6) is -0.891. The molecule has 2 aromatic carbocycles. The summed E-state index contributed by atoms with van der Waals surface area (Å²) < 4.78 is 27.4. The van der Waals surface area contributed by atoms with Crippen molar-refractivity contribution in [2.24, 2.45) is 16.8 Å². The van der Waals surface area contributed by atoms with Crippen LogP contribution in [0.5, 0.6) is 0 Å². The summed E-state index contributed by atoms with van der Waals surface area (Å²) in [6, 6.07) is 11.3. The van der Waals surface area contributed by atoms with E-state index in [0.29, 0.717) is 24.4 Å². The highest BCUT2D eigenvalue weighted by atomic mass is 19.1. The van der Waals surface area contributed by atoms with Gasteiger partial charge < -0.3 is 5.32 Å². The minimum absolute atomic E-state index is 0.141. The van der Waals surface area contributed by atoms with E-state index in [1.54, 1.807) is 18.2 Å². The average molecular weight is 384 g/mol. The van der Waals surface area contributed by atoms with E-state index in [2.05, 4.69) is 24.2 Å². The number of aliphatic imine (C=N–C) groups is 1. The Labute approximate surface area is 164 Å². The fourth-order valence-electron chi connectivity index (χ4n) is 4.04. The lowest BCUT2D eigenvalue weighted by molar-refractivity contribution is -0.124. The van der Waals surface area contributed by atoms with E-state index >= 15 is 0 Å². The van der Waals surface area contributed by atoms with Crippen LogP contribution in [0.2, 0.25) is 0 Å². The van der Waals surface area contributed by atoms with E-state index in [1.165, 1.54) is 24.4 Å². The van der Waals surface area contributed by atoms with Gasteiger partial charge in [0, 0.05) is 11.8 Å². The van der Waals surface area contributed by atoms with Crippen LogP contribution in [0.1, 0.15) is 38.3 Å². The molecule has 3 nitrogen and oxygen atoms in total. The Morgan fingerprint density at radius 3 is 2.71 bits per heavy atom. The molecule has 1 N–H and O–H groups in total. The number of carbonyl (C=O) groups excluding carboxylic acids is 1. The topological polar surface area (TPSA) is 41.5 Å². The van der Waals surface area contributed by atoms with Crippen molar-refractivity contribution in [1.82, 2.24) is 5.32 Å². The molecule has 3 rings (SSSR count). The lowest BCUT2D eigenvalue weighted by atomic mass is 9.84. The Morgan fingerprint density at radius 2 is 2.00 bits per heavy atom. The summed E-state index contributed by atoms with van der Waals surface area (Å²) in [6.07, 6.45) is 3.23. The van der Waals surface area contributed by atoms with Gasteiger partial charge in [0.2, 0.25) is 5.91 Å². The van der Waals surface area contributed by atoms with Crippen molar-refractivity contribution in [3.05, 3.63) is 65.2 Å². The second-order valence-electron chi connectivity index (χ2n) is 8.29. The van der Waals surface area contributed by atoms with Gasteiger partial charge in [0.1, 0.15) is 17.3 Å². The molecule has 2 atom stereocenters. The van der Waals surface area contributed by atoms with Gasteiger partial charge in [-0.3, -0.25) is 9.79 Å². The number of benzene rings is 2. The maximum atomic E-state index is 13.8. The number of rotatable bonds is 6. The first-order valence-corrected chi connectivity index (χ1v) is 9.64. The molecule has 0 spiro atoms. The smallest absolute Gasteiger partial charge is 0.229 e. The van der Waals surface area contributed by atoms with Crippen LogP contribution in [0.3, 0.4) is 0 Å². The molecule has 0 aromatic heterocycles. The third-order valence-corrected chi connectivity index (χ3v) is 5.00. The van der Waals surface area contributed by atoms with E-state index in [1.807, 2.05) is 13.0 Å². The predicted octanol–water partition coefficient (Wildman–Crippen LogP) is 5.00. The van der Waals surface area contributed by atoms with E-state index in [0.717, 1.165) is 17.5 Å². The molecule has 28 heavy (non-hydrogen) atoms. The zero-order valence-corrected chi connectivity index (χ0v) is 16.5. The van der Waals surface area contributed by atoms with Crippen molar-refractivity contribution in [2.45, 2.75) is 45.6 Å². The number of nitrogens with one attached hydrogen (secondary N) is 1. The van der Waals surface area contributed by atoms with Crippen molar-refractivity contribution >= 4 is 17.8 Å². The standard InChI is InChI=1S/C23H26F2N2O/c1-15(2)12-23(3,13-16-6-4-8-19(24)10-16)27-22(28)18-11-17-7-5-9-20(25)21(17)26-14-18/h4-10,14-15,18H,11-13H2,1-3H3,(H,27,28). The second kappa shape index (κ2) is 8.21. The van der Waals surface area contributed by atoms with Gasteiger partial charge >= 0.3 is 0 Å². The summed E-state index contributed by atoms with van der Waals surface area (Å²) in [4.78, 5) is 17.1. The fourth-order valence-corrected chi connectivity index (χ4v) is 4.04. The quantitative estimate of drug-likeness (QED) is 0.748. The van der Waals surface area contributed by atoms with Gasteiger partial charge in [-0.1, -0.05) is 38.1 Å². The number of hydrogen-bond donors (Lipinski definition) is 1. The largest absolute Gasteiger partial charge is 0.350 e. The SMILES string of the molecule is CC(C)CC(C)(Cc1cccc(F)c1)NC(=O)C1C=Nc2c(F)cccc2C1. The van der Waals surface area contributed by atoms with Gasteiger partial charge in [-0.2, -0.15) is 0 Å². The maximum Gasteiger partial charge on any atom is 0.229 e. The van der Waals surface area contributed by atoms with Crippen LogP contribution in [0.15, 0.2) is 47.5 Å². The molecule has 5 heteroatoms. The number of para-hydroxylation sites is 1. The number of hydrogen-bond acceptors (Lipinski definition) is 2. The molecule has 2 aromatic rings. The van der Waals surface area contributed by atoms with E-state index in [-0.39, 0.29) is 17.5 Å². The van der Waals surface area contributed by atoms with Crippen molar-refractivity contribution in [3.63, 3.8) is 0 Å². The second-order valence-corrected chi connectivity index (χ2v) is 8.29. The van der Waals surface area contributed by atoms with Crippen molar-refractivity contribution in [2.75, 3.05) is 0 Å². The van der Waals surface area contributed by atoms with Crippen molar-refractivity contribution in [1.29, 1.82) is 0 Å². The first-order chi connectivity index (χ1) is 13.3. The number of halogens is 2. The summed E-state index contributed by atoms with van der Waals surface area (Å²) in [7, 11) is 0. The highest BCUT2D eigenvalue weighted by Crippen LogP contribution is 2.30. The van der Waals surface area contributed by atoms with Crippen LogP contribution >= 0.6 is 0 Å². The Balaban J connectivity index is 1.76. The molecule has 148 valence electrons. The first kappa shape index (κ1) is 20.2. The van der Waals surface area contributed by atoms with Crippen LogP contribution in [-0.2, 0) is 17.6 Å². The van der Waals surface area contributed by atoms with Gasteiger partial charge in [0.25, 0.3) is 0 Å². The van der Waals surface area contributed by atoms with Crippen LogP contribution in [-0.4, -0.2) is 17.7 Å². The van der Waals surface area contributed by atoms with Gasteiger partial charge in [-0.15, -0.1) is 0 Å². The van der Waals surface area contributed by atoms with E-state index < -0.39 is 11.5 Å². The Bertz CT molecular complexity index is 894. The van der Waals surface area contributed by atoms with Gasteiger partial charge in [0.15, 0.2) is 0 Å². The van der Waals surface area contributed by atoms with Gasteiger partial charge in [-0.05, 0) is 61.4 Å². The monoisotopic (exact) mass is 384 g/mol. The van der Waals surface area contributed by atoms with Crippen molar-refractivity contribution in [3.8, 4) is 0 Å². The lowest BCUT2D eigenvalue weighted by Crippen LogP contribution is -2.51. The van der Waals surface area contributed by atoms with Crippen LogP contribution in [0.25, 0.3) is 0 Å². The highest BCUT2D eigenvalue weighted by Gasteiger charge is 2.32. The molecule has 0 fully saturated rings. The highest BCUT2D eigenvalue weighted by molar-refractivity contribution is 5.96. The Kier molecular flexibility index (Phi) is 5.92. The molecule has 2 unspecified atom stereocenters. The molecule has 1 aliphatic rings. The average Bonchev–Trinajstić information content (AvgIpc) is 2.60. The molecule has 1 heterocycles. The van der Waals surface area contributed by atoms with Gasteiger partial charge in [-0.25, -0.2) is 8.78 Å².